The number of hydrogen-bond donors (Lipinski definition) is 1. The van der Waals surface area contributed by atoms with Gasteiger partial charge in [-0.3, -0.25) is 0 Å². The van der Waals surface area contributed by atoms with Crippen LogP contribution in [0.1, 0.15) is 40.2 Å². The third-order valence-electron chi connectivity index (χ3n) is 3.80. The van der Waals surface area contributed by atoms with Crippen LogP contribution in [0.4, 0.5) is 0 Å². The Kier molecular flexibility index (Phi) is 5.54. The summed E-state index contributed by atoms with van der Waals surface area (Å²) in [6, 6.07) is 4.01. The van der Waals surface area contributed by atoms with Gasteiger partial charge in [-0.05, 0) is 47.7 Å². The number of rotatable bonds is 6. The van der Waals surface area contributed by atoms with E-state index >= 15 is 0 Å². The van der Waals surface area contributed by atoms with Crippen LogP contribution in [0, 0.1) is 0 Å². The van der Waals surface area contributed by atoms with E-state index in [2.05, 4.69) is 62.9 Å². The second-order valence-corrected chi connectivity index (χ2v) is 6.70. The number of nitrogens with one attached hydrogen (secondary N) is 1. The molecule has 4 heteroatoms. The zero-order valence-electron chi connectivity index (χ0n) is 13.9. The third kappa shape index (κ3) is 4.46. The van der Waals surface area contributed by atoms with E-state index in [0.29, 0.717) is 5.88 Å². The SMILES string of the molecule is COc1ncccc1C(C)(C)NCCN(C)C(C)(C)C. The molecule has 0 aliphatic heterocycles. The Morgan fingerprint density at radius 2 is 1.90 bits per heavy atom. The van der Waals surface area contributed by atoms with Crippen LogP contribution < -0.4 is 10.1 Å². The molecule has 0 aliphatic rings. The number of ether oxygens (including phenoxy) is 1. The van der Waals surface area contributed by atoms with Crippen LogP contribution in [0.3, 0.4) is 0 Å². The predicted octanol–water partition coefficient (Wildman–Crippen LogP) is 2.65. The molecule has 0 radical (unpaired) electrons. The first-order chi connectivity index (χ1) is 9.18. The quantitative estimate of drug-likeness (QED) is 0.868. The number of pyridine rings is 1. The Hall–Kier alpha value is -1.13. The lowest BCUT2D eigenvalue weighted by Crippen LogP contribution is -2.45. The number of methoxy groups -OCH3 is 1. The third-order valence-corrected chi connectivity index (χ3v) is 3.80. The smallest absolute Gasteiger partial charge is 0.218 e. The van der Waals surface area contributed by atoms with Crippen LogP contribution in [-0.2, 0) is 5.54 Å². The Bertz CT molecular complexity index is 424. The van der Waals surface area contributed by atoms with Crippen molar-refractivity contribution in [3.05, 3.63) is 23.9 Å². The number of likely N-dealkylation sites (N-methyl/N-ethyl adjacent to an activating group) is 1. The van der Waals surface area contributed by atoms with Crippen molar-refractivity contribution in [1.29, 1.82) is 0 Å². The van der Waals surface area contributed by atoms with Crippen LogP contribution in [0.25, 0.3) is 0 Å². The molecule has 1 rings (SSSR count). The molecule has 0 unspecified atom stereocenters. The molecule has 1 aromatic heterocycles. The lowest BCUT2D eigenvalue weighted by Gasteiger charge is -2.34. The molecular formula is C16H29N3O. The number of nitrogens with zero attached hydrogens (tertiary/aromatic N) is 2. The van der Waals surface area contributed by atoms with Crippen molar-refractivity contribution in [3.8, 4) is 5.88 Å². The molecule has 0 aromatic carbocycles. The van der Waals surface area contributed by atoms with E-state index < -0.39 is 0 Å². The average Bonchev–Trinajstić information content (AvgIpc) is 2.37. The second-order valence-electron chi connectivity index (χ2n) is 6.70. The van der Waals surface area contributed by atoms with Gasteiger partial charge >= 0.3 is 0 Å². The van der Waals surface area contributed by atoms with Gasteiger partial charge in [-0.25, -0.2) is 4.98 Å². The summed E-state index contributed by atoms with van der Waals surface area (Å²) >= 11 is 0. The summed E-state index contributed by atoms with van der Waals surface area (Å²) in [6.07, 6.45) is 1.76. The summed E-state index contributed by atoms with van der Waals surface area (Å²) in [5.41, 5.74) is 1.11. The highest BCUT2D eigenvalue weighted by molar-refractivity contribution is 5.32. The maximum absolute atomic E-state index is 5.35. The molecule has 4 nitrogen and oxygen atoms in total. The van der Waals surface area contributed by atoms with Crippen molar-refractivity contribution >= 4 is 0 Å². The van der Waals surface area contributed by atoms with Gasteiger partial charge in [0.15, 0.2) is 0 Å². The molecule has 0 aliphatic carbocycles. The topological polar surface area (TPSA) is 37.4 Å². The molecule has 114 valence electrons. The van der Waals surface area contributed by atoms with Gasteiger partial charge in [0.05, 0.1) is 7.11 Å². The standard InChI is InChI=1S/C16H29N3O/c1-15(2,3)19(6)12-11-18-16(4,5)13-9-8-10-17-14(13)20-7/h8-10,18H,11-12H2,1-7H3. The van der Waals surface area contributed by atoms with Crippen LogP contribution in [-0.4, -0.2) is 42.7 Å². The summed E-state index contributed by atoms with van der Waals surface area (Å²) in [5.74, 6) is 0.689. The van der Waals surface area contributed by atoms with Gasteiger partial charge in [-0.15, -0.1) is 0 Å². The van der Waals surface area contributed by atoms with Crippen LogP contribution in [0.15, 0.2) is 18.3 Å². The fourth-order valence-corrected chi connectivity index (χ4v) is 2.00. The molecule has 0 amide bonds. The fraction of sp³-hybridized carbons (Fsp3) is 0.688. The van der Waals surface area contributed by atoms with Crippen molar-refractivity contribution in [2.24, 2.45) is 0 Å². The minimum Gasteiger partial charge on any atom is -0.481 e. The molecular weight excluding hydrogens is 250 g/mol. The first kappa shape index (κ1) is 16.9. The Balaban J connectivity index is 2.66. The van der Waals surface area contributed by atoms with Gasteiger partial charge in [0, 0.05) is 35.9 Å². The van der Waals surface area contributed by atoms with Crippen LogP contribution in [0.5, 0.6) is 5.88 Å². The highest BCUT2D eigenvalue weighted by Gasteiger charge is 2.25. The Morgan fingerprint density at radius 1 is 1.25 bits per heavy atom. The van der Waals surface area contributed by atoms with Crippen LogP contribution in [0.2, 0.25) is 0 Å². The molecule has 1 aromatic rings. The minimum atomic E-state index is -0.168. The van der Waals surface area contributed by atoms with E-state index in [-0.39, 0.29) is 11.1 Å². The molecule has 20 heavy (non-hydrogen) atoms. The lowest BCUT2D eigenvalue weighted by atomic mass is 9.95. The molecule has 0 saturated heterocycles. The van der Waals surface area contributed by atoms with Crippen molar-refractivity contribution in [3.63, 3.8) is 0 Å². The summed E-state index contributed by atoms with van der Waals surface area (Å²) < 4.78 is 5.35. The Morgan fingerprint density at radius 3 is 2.45 bits per heavy atom. The van der Waals surface area contributed by atoms with Gasteiger partial charge in [-0.2, -0.15) is 0 Å². The summed E-state index contributed by atoms with van der Waals surface area (Å²) in [6.45, 7) is 12.9. The van der Waals surface area contributed by atoms with Crippen molar-refractivity contribution in [1.82, 2.24) is 15.2 Å². The second kappa shape index (κ2) is 6.55. The van der Waals surface area contributed by atoms with Crippen molar-refractivity contribution in [2.45, 2.75) is 45.7 Å². The predicted molar refractivity (Wildman–Crippen MR) is 84.2 cm³/mol. The summed E-state index contributed by atoms with van der Waals surface area (Å²) in [7, 11) is 3.81. The lowest BCUT2D eigenvalue weighted by molar-refractivity contribution is 0.170. The monoisotopic (exact) mass is 279 g/mol. The first-order valence-corrected chi connectivity index (χ1v) is 7.14. The number of hydrogen-bond acceptors (Lipinski definition) is 4. The van der Waals surface area contributed by atoms with Crippen molar-refractivity contribution in [2.75, 3.05) is 27.2 Å². The fourth-order valence-electron chi connectivity index (χ4n) is 2.00. The molecule has 0 bridgehead atoms. The maximum Gasteiger partial charge on any atom is 0.218 e. The van der Waals surface area contributed by atoms with E-state index in [1.165, 1.54) is 0 Å². The maximum atomic E-state index is 5.35. The van der Waals surface area contributed by atoms with Gasteiger partial charge in [-0.1, -0.05) is 6.07 Å². The zero-order chi connectivity index (χ0) is 15.4. The van der Waals surface area contributed by atoms with Crippen molar-refractivity contribution < 1.29 is 4.74 Å². The summed E-state index contributed by atoms with van der Waals surface area (Å²) in [4.78, 5) is 6.62. The summed E-state index contributed by atoms with van der Waals surface area (Å²) in [5, 5.41) is 3.59. The average molecular weight is 279 g/mol. The normalized spacial score (nSPS) is 12.8. The minimum absolute atomic E-state index is 0.168. The van der Waals surface area contributed by atoms with Gasteiger partial charge < -0.3 is 15.0 Å². The first-order valence-electron chi connectivity index (χ1n) is 7.14. The van der Waals surface area contributed by atoms with E-state index in [0.717, 1.165) is 18.7 Å². The molecule has 0 saturated carbocycles. The van der Waals surface area contributed by atoms with Gasteiger partial charge in [0.25, 0.3) is 0 Å². The van der Waals surface area contributed by atoms with E-state index in [9.17, 15) is 0 Å². The molecule has 1 heterocycles. The molecule has 0 fully saturated rings. The highest BCUT2D eigenvalue weighted by Crippen LogP contribution is 2.27. The molecule has 1 N–H and O–H groups in total. The highest BCUT2D eigenvalue weighted by atomic mass is 16.5. The van der Waals surface area contributed by atoms with E-state index in [4.69, 9.17) is 4.74 Å². The molecule has 0 spiro atoms. The van der Waals surface area contributed by atoms with Crippen LogP contribution >= 0.6 is 0 Å². The van der Waals surface area contributed by atoms with E-state index in [1.807, 2.05) is 6.07 Å². The largest absolute Gasteiger partial charge is 0.481 e. The number of aromatic nitrogens is 1. The van der Waals surface area contributed by atoms with Gasteiger partial charge in [0.1, 0.15) is 0 Å². The van der Waals surface area contributed by atoms with E-state index in [1.54, 1.807) is 13.3 Å². The Labute approximate surface area is 123 Å². The van der Waals surface area contributed by atoms with Gasteiger partial charge in [0.2, 0.25) is 5.88 Å². The molecule has 0 atom stereocenters. The zero-order valence-corrected chi connectivity index (χ0v) is 13.9.